The molecule has 1 saturated heterocycles. The fraction of sp³-hybridized carbons (Fsp3) is 0.500. The van der Waals surface area contributed by atoms with Crippen LogP contribution in [0.15, 0.2) is 18.2 Å². The van der Waals surface area contributed by atoms with E-state index < -0.39 is 18.6 Å². The molecular weight excluding hydrogens is 330 g/mol. The molecule has 9 heteroatoms. The van der Waals surface area contributed by atoms with E-state index in [2.05, 4.69) is 10.7 Å². The molecule has 0 aromatic heterocycles. The van der Waals surface area contributed by atoms with Gasteiger partial charge in [0.05, 0.1) is 26.2 Å². The van der Waals surface area contributed by atoms with Gasteiger partial charge in [0.15, 0.2) is 11.5 Å². The molecule has 0 saturated carbocycles. The third-order valence-corrected chi connectivity index (χ3v) is 3.92. The normalized spacial score (nSPS) is 17.8. The van der Waals surface area contributed by atoms with E-state index in [0.29, 0.717) is 37.8 Å². The van der Waals surface area contributed by atoms with Gasteiger partial charge < -0.3 is 24.6 Å². The number of benzene rings is 1. The summed E-state index contributed by atoms with van der Waals surface area (Å²) < 4.78 is 15.7. The third-order valence-electron chi connectivity index (χ3n) is 3.92. The third kappa shape index (κ3) is 4.59. The van der Waals surface area contributed by atoms with E-state index in [1.54, 1.807) is 23.2 Å². The Balaban J connectivity index is 1.51. The van der Waals surface area contributed by atoms with Crippen LogP contribution in [0.5, 0.6) is 11.5 Å². The van der Waals surface area contributed by atoms with Gasteiger partial charge >= 0.3 is 0 Å². The summed E-state index contributed by atoms with van der Waals surface area (Å²) >= 11 is 0. The predicted octanol–water partition coefficient (Wildman–Crippen LogP) is -1.20. The number of hydrazine groups is 1. The van der Waals surface area contributed by atoms with Gasteiger partial charge in [-0.3, -0.25) is 15.0 Å². The summed E-state index contributed by atoms with van der Waals surface area (Å²) in [5.74, 6) is 0.412. The van der Waals surface area contributed by atoms with E-state index in [9.17, 15) is 14.7 Å². The molecule has 2 aliphatic heterocycles. The van der Waals surface area contributed by atoms with Crippen LogP contribution in [-0.4, -0.2) is 67.7 Å². The minimum absolute atomic E-state index is 0.0674. The Morgan fingerprint density at radius 2 is 1.96 bits per heavy atom. The summed E-state index contributed by atoms with van der Waals surface area (Å²) in [6.45, 7) is 1.87. The van der Waals surface area contributed by atoms with Gasteiger partial charge in [0.2, 0.25) is 12.7 Å². The Bertz CT molecular complexity index is 632. The topological polar surface area (TPSA) is 109 Å². The minimum atomic E-state index is -1.01. The first-order valence-electron chi connectivity index (χ1n) is 8.07. The quantitative estimate of drug-likeness (QED) is 0.590. The predicted molar refractivity (Wildman–Crippen MR) is 85.8 cm³/mol. The van der Waals surface area contributed by atoms with Crippen LogP contribution < -0.4 is 20.2 Å². The van der Waals surface area contributed by atoms with Gasteiger partial charge in [-0.1, -0.05) is 6.07 Å². The van der Waals surface area contributed by atoms with Crippen molar-refractivity contribution in [1.82, 2.24) is 15.8 Å². The highest BCUT2D eigenvalue weighted by molar-refractivity contribution is 5.88. The number of ether oxygens (including phenoxy) is 3. The molecule has 2 amide bonds. The summed E-state index contributed by atoms with van der Waals surface area (Å²) in [6.07, 6.45) is 0.0674. The van der Waals surface area contributed by atoms with E-state index >= 15 is 0 Å². The SMILES string of the molecule is O=C(Cc1ccc2c(c1)OCO2)N[C@@H](CO)C(=O)NN1CCOCC1. The number of aliphatic hydroxyl groups is 1. The largest absolute Gasteiger partial charge is 0.454 e. The van der Waals surface area contributed by atoms with Crippen LogP contribution >= 0.6 is 0 Å². The number of nitrogens with zero attached hydrogens (tertiary/aromatic N) is 1. The Morgan fingerprint density at radius 3 is 2.72 bits per heavy atom. The zero-order valence-electron chi connectivity index (χ0n) is 13.7. The maximum absolute atomic E-state index is 12.2. The van der Waals surface area contributed by atoms with Gasteiger partial charge in [-0.15, -0.1) is 0 Å². The van der Waals surface area contributed by atoms with E-state index in [1.807, 2.05) is 0 Å². The van der Waals surface area contributed by atoms with E-state index in [1.165, 1.54) is 0 Å². The highest BCUT2D eigenvalue weighted by Crippen LogP contribution is 2.32. The number of rotatable bonds is 6. The number of hydrogen-bond donors (Lipinski definition) is 3. The first kappa shape index (κ1) is 17.5. The molecule has 3 rings (SSSR count). The highest BCUT2D eigenvalue weighted by Gasteiger charge is 2.23. The van der Waals surface area contributed by atoms with Crippen LogP contribution in [0.4, 0.5) is 0 Å². The molecule has 0 radical (unpaired) electrons. The monoisotopic (exact) mass is 351 g/mol. The van der Waals surface area contributed by atoms with Crippen LogP contribution in [-0.2, 0) is 20.7 Å². The van der Waals surface area contributed by atoms with Crippen molar-refractivity contribution in [1.29, 1.82) is 0 Å². The van der Waals surface area contributed by atoms with Gasteiger partial charge in [-0.2, -0.15) is 0 Å². The lowest BCUT2D eigenvalue weighted by Crippen LogP contribution is -2.56. The van der Waals surface area contributed by atoms with Crippen molar-refractivity contribution in [2.24, 2.45) is 0 Å². The molecule has 1 aromatic carbocycles. The Morgan fingerprint density at radius 1 is 1.20 bits per heavy atom. The minimum Gasteiger partial charge on any atom is -0.454 e. The van der Waals surface area contributed by atoms with Crippen molar-refractivity contribution in [3.63, 3.8) is 0 Å². The molecule has 0 unspecified atom stereocenters. The van der Waals surface area contributed by atoms with E-state index in [-0.39, 0.29) is 19.1 Å². The second-order valence-electron chi connectivity index (χ2n) is 5.74. The summed E-state index contributed by atoms with van der Waals surface area (Å²) in [5.41, 5.74) is 3.40. The fourth-order valence-corrected chi connectivity index (χ4v) is 2.58. The summed E-state index contributed by atoms with van der Waals surface area (Å²) in [5, 5.41) is 13.7. The van der Waals surface area contributed by atoms with Crippen molar-refractivity contribution in [2.45, 2.75) is 12.5 Å². The summed E-state index contributed by atoms with van der Waals surface area (Å²) in [7, 11) is 0. The molecular formula is C16H21N3O6. The number of carbonyl (C=O) groups excluding carboxylic acids is 2. The Kier molecular flexibility index (Phi) is 5.69. The second-order valence-corrected chi connectivity index (χ2v) is 5.74. The van der Waals surface area contributed by atoms with E-state index in [4.69, 9.17) is 14.2 Å². The first-order valence-corrected chi connectivity index (χ1v) is 8.07. The smallest absolute Gasteiger partial charge is 0.259 e. The zero-order valence-corrected chi connectivity index (χ0v) is 13.7. The van der Waals surface area contributed by atoms with Crippen molar-refractivity contribution < 1.29 is 28.9 Å². The highest BCUT2D eigenvalue weighted by atomic mass is 16.7. The average molecular weight is 351 g/mol. The zero-order chi connectivity index (χ0) is 17.6. The molecule has 9 nitrogen and oxygen atoms in total. The van der Waals surface area contributed by atoms with Crippen molar-refractivity contribution in [3.05, 3.63) is 23.8 Å². The van der Waals surface area contributed by atoms with Crippen LogP contribution in [0, 0.1) is 0 Å². The number of amides is 2. The standard InChI is InChI=1S/C16H21N3O6/c20-9-12(16(22)18-19-3-5-23-6-4-19)17-15(21)8-11-1-2-13-14(7-11)25-10-24-13/h1-2,7,12,20H,3-6,8-10H2,(H,17,21)(H,18,22)/t12-/m0/s1. The van der Waals surface area contributed by atoms with Crippen LogP contribution in [0.3, 0.4) is 0 Å². The number of morpholine rings is 1. The van der Waals surface area contributed by atoms with Gasteiger partial charge in [0.1, 0.15) is 6.04 Å². The molecule has 2 aliphatic rings. The van der Waals surface area contributed by atoms with E-state index in [0.717, 1.165) is 5.56 Å². The van der Waals surface area contributed by atoms with Crippen LogP contribution in [0.25, 0.3) is 0 Å². The molecule has 0 spiro atoms. The number of fused-ring (bicyclic) bond motifs is 1. The van der Waals surface area contributed by atoms with Gasteiger partial charge in [0.25, 0.3) is 5.91 Å². The molecule has 136 valence electrons. The number of nitrogens with one attached hydrogen (secondary N) is 2. The Hall–Kier alpha value is -2.36. The lowest BCUT2D eigenvalue weighted by molar-refractivity contribution is -0.134. The van der Waals surface area contributed by atoms with Crippen molar-refractivity contribution >= 4 is 11.8 Å². The summed E-state index contributed by atoms with van der Waals surface area (Å²) in [4.78, 5) is 24.3. The molecule has 1 atom stereocenters. The average Bonchev–Trinajstić information content (AvgIpc) is 3.08. The van der Waals surface area contributed by atoms with Crippen molar-refractivity contribution in [3.8, 4) is 11.5 Å². The van der Waals surface area contributed by atoms with Gasteiger partial charge in [0, 0.05) is 13.1 Å². The molecule has 1 aromatic rings. The Labute approximate surface area is 144 Å². The molecule has 0 bridgehead atoms. The van der Waals surface area contributed by atoms with Crippen LogP contribution in [0.1, 0.15) is 5.56 Å². The molecule has 1 fully saturated rings. The molecule has 2 heterocycles. The molecule has 25 heavy (non-hydrogen) atoms. The summed E-state index contributed by atoms with van der Waals surface area (Å²) in [6, 6.07) is 4.21. The number of aliphatic hydroxyl groups excluding tert-OH is 1. The number of carbonyl (C=O) groups is 2. The van der Waals surface area contributed by atoms with Gasteiger partial charge in [-0.05, 0) is 17.7 Å². The molecule has 3 N–H and O–H groups in total. The molecule has 0 aliphatic carbocycles. The van der Waals surface area contributed by atoms with Crippen LogP contribution in [0.2, 0.25) is 0 Å². The first-order chi connectivity index (χ1) is 12.2. The number of hydrogen-bond acceptors (Lipinski definition) is 7. The van der Waals surface area contributed by atoms with Crippen molar-refractivity contribution in [2.75, 3.05) is 39.7 Å². The lowest BCUT2D eigenvalue weighted by atomic mass is 10.1. The second kappa shape index (κ2) is 8.15. The fourth-order valence-electron chi connectivity index (χ4n) is 2.58. The lowest BCUT2D eigenvalue weighted by Gasteiger charge is -2.28. The maximum Gasteiger partial charge on any atom is 0.259 e. The maximum atomic E-state index is 12.2. The van der Waals surface area contributed by atoms with Gasteiger partial charge in [-0.25, -0.2) is 5.01 Å².